The monoisotopic (exact) mass is 844 g/mol. The van der Waals surface area contributed by atoms with Gasteiger partial charge in [0.15, 0.2) is 0 Å². The standard InChI is InChI=1S/C54H101NO5/c1-3-5-7-9-11-13-15-17-18-19-20-21-22-23-25-26-30-34-38-42-46-52(57)51(50-56)55-53(58)47-43-39-35-31-28-29-33-37-41-45-49-60-54(59)48-44-40-36-32-27-24-16-14-12-10-8-6-4-2/h8,10,14,16,42,46,51-52,56-57H,3-7,9,11-13,15,17-41,43-45,47-50H2,1-2H3,(H,55,58)/b10-8-,16-14-,46-42+. The number of hydrogen-bond donors (Lipinski definition) is 3. The van der Waals surface area contributed by atoms with Gasteiger partial charge in [-0.1, -0.05) is 237 Å². The summed E-state index contributed by atoms with van der Waals surface area (Å²) in [6, 6.07) is -0.646. The molecule has 0 aliphatic carbocycles. The van der Waals surface area contributed by atoms with Crippen LogP contribution >= 0.6 is 0 Å². The van der Waals surface area contributed by atoms with Crippen LogP contribution in [0.1, 0.15) is 271 Å². The molecule has 0 aromatic carbocycles. The quantitative estimate of drug-likeness (QED) is 0.0322. The molecule has 0 bridgehead atoms. The van der Waals surface area contributed by atoms with Crippen molar-refractivity contribution in [3.63, 3.8) is 0 Å². The third-order valence-electron chi connectivity index (χ3n) is 11.9. The lowest BCUT2D eigenvalue weighted by molar-refractivity contribution is -0.143. The van der Waals surface area contributed by atoms with Crippen LogP contribution in [0, 0.1) is 0 Å². The number of carbonyl (C=O) groups excluding carboxylic acids is 2. The minimum Gasteiger partial charge on any atom is -0.466 e. The molecule has 6 heteroatoms. The van der Waals surface area contributed by atoms with Gasteiger partial charge in [-0.2, -0.15) is 0 Å². The lowest BCUT2D eigenvalue weighted by Crippen LogP contribution is -2.45. The van der Waals surface area contributed by atoms with Gasteiger partial charge >= 0.3 is 5.97 Å². The van der Waals surface area contributed by atoms with E-state index in [1.807, 2.05) is 6.08 Å². The number of allylic oxidation sites excluding steroid dienone is 5. The van der Waals surface area contributed by atoms with Crippen LogP contribution in [0.3, 0.4) is 0 Å². The predicted octanol–water partition coefficient (Wildman–Crippen LogP) is 15.7. The Hall–Kier alpha value is -1.92. The molecule has 1 amide bonds. The molecule has 2 unspecified atom stereocenters. The maximum atomic E-state index is 12.4. The van der Waals surface area contributed by atoms with E-state index in [0.29, 0.717) is 19.4 Å². The zero-order valence-corrected chi connectivity index (χ0v) is 39.9. The van der Waals surface area contributed by atoms with E-state index in [1.165, 1.54) is 173 Å². The van der Waals surface area contributed by atoms with Crippen molar-refractivity contribution < 1.29 is 24.5 Å². The number of nitrogens with one attached hydrogen (secondary N) is 1. The molecule has 0 saturated heterocycles. The predicted molar refractivity (Wildman–Crippen MR) is 259 cm³/mol. The van der Waals surface area contributed by atoms with Gasteiger partial charge in [0, 0.05) is 12.8 Å². The first-order valence-electron chi connectivity index (χ1n) is 26.3. The molecule has 2 atom stereocenters. The van der Waals surface area contributed by atoms with Crippen LogP contribution in [0.4, 0.5) is 0 Å². The number of ether oxygens (including phenoxy) is 1. The number of aliphatic hydroxyl groups is 2. The highest BCUT2D eigenvalue weighted by atomic mass is 16.5. The van der Waals surface area contributed by atoms with E-state index in [9.17, 15) is 19.8 Å². The van der Waals surface area contributed by atoms with E-state index in [4.69, 9.17) is 4.74 Å². The van der Waals surface area contributed by atoms with Crippen molar-refractivity contribution in [2.24, 2.45) is 0 Å². The molecule has 0 radical (unpaired) electrons. The molecule has 0 saturated carbocycles. The molecule has 352 valence electrons. The number of carbonyl (C=O) groups is 2. The van der Waals surface area contributed by atoms with E-state index >= 15 is 0 Å². The van der Waals surface area contributed by atoms with Crippen molar-refractivity contribution in [1.29, 1.82) is 0 Å². The fourth-order valence-electron chi connectivity index (χ4n) is 7.85. The van der Waals surface area contributed by atoms with E-state index in [0.717, 1.165) is 70.6 Å². The Labute approximate surface area is 373 Å². The van der Waals surface area contributed by atoms with Gasteiger partial charge in [0.05, 0.1) is 25.4 Å². The van der Waals surface area contributed by atoms with E-state index in [-0.39, 0.29) is 18.5 Å². The second-order valence-corrected chi connectivity index (χ2v) is 17.9. The molecule has 0 fully saturated rings. The summed E-state index contributed by atoms with van der Waals surface area (Å²) in [5.41, 5.74) is 0. The van der Waals surface area contributed by atoms with Crippen molar-refractivity contribution in [3.05, 3.63) is 36.5 Å². The Balaban J connectivity index is 3.54. The zero-order valence-electron chi connectivity index (χ0n) is 39.9. The Kier molecular flexibility index (Phi) is 48.1. The average Bonchev–Trinajstić information content (AvgIpc) is 3.25. The first-order valence-corrected chi connectivity index (χ1v) is 26.3. The van der Waals surface area contributed by atoms with Crippen LogP contribution in [0.25, 0.3) is 0 Å². The number of aliphatic hydroxyl groups excluding tert-OH is 2. The smallest absolute Gasteiger partial charge is 0.305 e. The SMILES string of the molecule is CCC/C=C\C/C=C\CCCCCCCC(=O)OCCCCCCCCCCCCC(=O)NC(CO)C(O)/C=C/CCCCCCCCCCCCCCCCCCCC. The lowest BCUT2D eigenvalue weighted by atomic mass is 10.0. The fraction of sp³-hybridized carbons (Fsp3) is 0.852. The molecule has 3 N–H and O–H groups in total. The Bertz CT molecular complexity index is 977. The van der Waals surface area contributed by atoms with Crippen LogP contribution in [0.15, 0.2) is 36.5 Å². The Morgan fingerprint density at radius 3 is 1.33 bits per heavy atom. The Morgan fingerprint density at radius 1 is 0.467 bits per heavy atom. The van der Waals surface area contributed by atoms with Gasteiger partial charge in [0.1, 0.15) is 0 Å². The molecule has 6 nitrogen and oxygen atoms in total. The first kappa shape index (κ1) is 58.1. The van der Waals surface area contributed by atoms with Gasteiger partial charge in [-0.25, -0.2) is 0 Å². The first-order chi connectivity index (χ1) is 29.5. The summed E-state index contributed by atoms with van der Waals surface area (Å²) >= 11 is 0. The molecule has 0 aliphatic heterocycles. The molecule has 0 spiro atoms. The normalized spacial score (nSPS) is 12.9. The largest absolute Gasteiger partial charge is 0.466 e. The number of rotatable bonds is 48. The van der Waals surface area contributed by atoms with Crippen LogP contribution in [-0.4, -0.2) is 47.4 Å². The number of amides is 1. The van der Waals surface area contributed by atoms with E-state index in [1.54, 1.807) is 6.08 Å². The van der Waals surface area contributed by atoms with Gasteiger partial charge in [0.25, 0.3) is 0 Å². The highest BCUT2D eigenvalue weighted by Crippen LogP contribution is 2.16. The minimum atomic E-state index is -0.861. The number of unbranched alkanes of at least 4 members (excludes halogenated alkanes) is 33. The summed E-state index contributed by atoms with van der Waals surface area (Å²) < 4.78 is 5.44. The average molecular weight is 844 g/mol. The maximum absolute atomic E-state index is 12.4. The van der Waals surface area contributed by atoms with Crippen LogP contribution in [0.5, 0.6) is 0 Å². The van der Waals surface area contributed by atoms with Gasteiger partial charge in [-0.05, 0) is 57.8 Å². The summed E-state index contributed by atoms with van der Waals surface area (Å²) in [6.45, 7) is 4.78. The minimum absolute atomic E-state index is 0.0363. The van der Waals surface area contributed by atoms with Gasteiger partial charge in [0.2, 0.25) is 5.91 Å². The summed E-state index contributed by atoms with van der Waals surface area (Å²) in [7, 11) is 0. The van der Waals surface area contributed by atoms with Crippen molar-refractivity contribution in [2.75, 3.05) is 13.2 Å². The van der Waals surface area contributed by atoms with Crippen molar-refractivity contribution in [2.45, 2.75) is 283 Å². The fourth-order valence-corrected chi connectivity index (χ4v) is 7.85. The third kappa shape index (κ3) is 45.6. The maximum Gasteiger partial charge on any atom is 0.305 e. The van der Waals surface area contributed by atoms with Crippen LogP contribution < -0.4 is 5.32 Å². The molecule has 60 heavy (non-hydrogen) atoms. The Morgan fingerprint density at radius 2 is 0.867 bits per heavy atom. The molecule has 0 heterocycles. The van der Waals surface area contributed by atoms with Crippen molar-refractivity contribution in [3.8, 4) is 0 Å². The molecule has 0 rings (SSSR count). The van der Waals surface area contributed by atoms with Crippen LogP contribution in [0.2, 0.25) is 0 Å². The molecule has 0 aromatic rings. The molecular formula is C54H101NO5. The molecular weight excluding hydrogens is 743 g/mol. The van der Waals surface area contributed by atoms with Crippen molar-refractivity contribution >= 4 is 11.9 Å². The number of esters is 1. The van der Waals surface area contributed by atoms with Gasteiger partial charge in [-0.3, -0.25) is 9.59 Å². The van der Waals surface area contributed by atoms with E-state index in [2.05, 4.69) is 43.5 Å². The highest BCUT2D eigenvalue weighted by Gasteiger charge is 2.18. The van der Waals surface area contributed by atoms with Gasteiger partial charge < -0.3 is 20.3 Å². The lowest BCUT2D eigenvalue weighted by Gasteiger charge is -2.20. The summed E-state index contributed by atoms with van der Waals surface area (Å²) in [5, 5.41) is 23.1. The van der Waals surface area contributed by atoms with Gasteiger partial charge in [-0.15, -0.1) is 0 Å². The third-order valence-corrected chi connectivity index (χ3v) is 11.9. The summed E-state index contributed by atoms with van der Waals surface area (Å²) in [6.07, 6.45) is 60.0. The van der Waals surface area contributed by atoms with Crippen LogP contribution in [-0.2, 0) is 14.3 Å². The summed E-state index contributed by atoms with van der Waals surface area (Å²) in [4.78, 5) is 24.5. The molecule has 0 aliphatic rings. The zero-order chi connectivity index (χ0) is 43.7. The van der Waals surface area contributed by atoms with E-state index < -0.39 is 12.1 Å². The topological polar surface area (TPSA) is 95.9 Å². The highest BCUT2D eigenvalue weighted by molar-refractivity contribution is 5.76. The molecule has 0 aromatic heterocycles. The number of hydrogen-bond acceptors (Lipinski definition) is 5. The summed E-state index contributed by atoms with van der Waals surface area (Å²) in [5.74, 6) is -0.127. The second kappa shape index (κ2) is 49.7. The second-order valence-electron chi connectivity index (χ2n) is 17.9. The van der Waals surface area contributed by atoms with Crippen molar-refractivity contribution in [1.82, 2.24) is 5.32 Å².